The minimum atomic E-state index is -1.83. The number of hydrogen-bond acceptors (Lipinski definition) is 6. The summed E-state index contributed by atoms with van der Waals surface area (Å²) in [6.07, 6.45) is 7.89. The number of thiophene rings is 1. The normalized spacial score (nSPS) is 17.9. The summed E-state index contributed by atoms with van der Waals surface area (Å²) in [6.45, 7) is 1.39. The highest BCUT2D eigenvalue weighted by molar-refractivity contribution is 7.18. The molecule has 0 saturated heterocycles. The van der Waals surface area contributed by atoms with Crippen LogP contribution in [0.1, 0.15) is 60.6 Å². The lowest BCUT2D eigenvalue weighted by Crippen LogP contribution is -2.15. The first-order chi connectivity index (χ1) is 14.5. The van der Waals surface area contributed by atoms with Gasteiger partial charge in [-0.15, -0.1) is 22.7 Å². The van der Waals surface area contributed by atoms with Crippen LogP contribution in [0.15, 0.2) is 17.0 Å². The van der Waals surface area contributed by atoms with E-state index in [1.165, 1.54) is 35.4 Å². The van der Waals surface area contributed by atoms with E-state index in [9.17, 15) is 4.79 Å². The minimum absolute atomic E-state index is 0.0597. The van der Waals surface area contributed by atoms with Crippen LogP contribution < -0.4 is 5.32 Å². The molecule has 5 rings (SSSR count). The van der Waals surface area contributed by atoms with E-state index in [4.69, 9.17) is 24.7 Å². The fourth-order valence-electron chi connectivity index (χ4n) is 3.74. The minimum Gasteiger partial charge on any atom is -0.450 e. The zero-order chi connectivity index (χ0) is 21.1. The van der Waals surface area contributed by atoms with Crippen LogP contribution >= 0.6 is 22.7 Å². The Labute approximate surface area is 182 Å². The summed E-state index contributed by atoms with van der Waals surface area (Å²) in [4.78, 5) is 27.5. The van der Waals surface area contributed by atoms with Gasteiger partial charge in [0.1, 0.15) is 10.0 Å². The van der Waals surface area contributed by atoms with Gasteiger partial charge in [0.15, 0.2) is 0 Å². The SMILES string of the molecule is O=C(Nc1sc2c(c1-c1nc(C3CC3)cs1)CCOC2)C1=CCCCC1.O=C(O)O. The highest BCUT2D eigenvalue weighted by atomic mass is 32.1. The number of nitrogens with one attached hydrogen (secondary N) is 1. The Hall–Kier alpha value is -2.23. The highest BCUT2D eigenvalue weighted by Gasteiger charge is 2.29. The molecule has 1 amide bonds. The number of aromatic nitrogens is 1. The molecular formula is C21H24N2O5S2. The van der Waals surface area contributed by atoms with Crippen molar-refractivity contribution in [3.63, 3.8) is 0 Å². The fraction of sp³-hybridized carbons (Fsp3) is 0.476. The Balaban J connectivity index is 0.000000503. The molecule has 160 valence electrons. The molecule has 0 spiro atoms. The second-order valence-electron chi connectivity index (χ2n) is 7.57. The smallest absolute Gasteiger partial charge is 0.450 e. The number of fused-ring (bicyclic) bond motifs is 1. The Morgan fingerprint density at radius 2 is 2.00 bits per heavy atom. The Morgan fingerprint density at radius 3 is 2.70 bits per heavy atom. The van der Waals surface area contributed by atoms with E-state index >= 15 is 0 Å². The lowest BCUT2D eigenvalue weighted by molar-refractivity contribution is -0.113. The van der Waals surface area contributed by atoms with Crippen LogP contribution in [0.3, 0.4) is 0 Å². The molecule has 0 atom stereocenters. The molecule has 0 radical (unpaired) electrons. The van der Waals surface area contributed by atoms with Crippen LogP contribution in [-0.4, -0.2) is 33.9 Å². The summed E-state index contributed by atoms with van der Waals surface area (Å²) < 4.78 is 5.64. The van der Waals surface area contributed by atoms with Crippen LogP contribution in [0, 0.1) is 0 Å². The van der Waals surface area contributed by atoms with Crippen LogP contribution in [0.5, 0.6) is 0 Å². The maximum absolute atomic E-state index is 12.8. The van der Waals surface area contributed by atoms with Crippen molar-refractivity contribution in [2.24, 2.45) is 0 Å². The monoisotopic (exact) mass is 448 g/mol. The maximum Gasteiger partial charge on any atom is 0.503 e. The summed E-state index contributed by atoms with van der Waals surface area (Å²) in [6, 6.07) is 0. The number of carbonyl (C=O) groups excluding carboxylic acids is 1. The van der Waals surface area contributed by atoms with Crippen molar-refractivity contribution in [2.75, 3.05) is 11.9 Å². The number of allylic oxidation sites excluding steroid dienone is 1. The van der Waals surface area contributed by atoms with Crippen LogP contribution in [0.4, 0.5) is 9.80 Å². The highest BCUT2D eigenvalue weighted by Crippen LogP contribution is 2.47. The van der Waals surface area contributed by atoms with Crippen LogP contribution in [0.2, 0.25) is 0 Å². The third-order valence-corrected chi connectivity index (χ3v) is 7.36. The number of thiazole rings is 1. The molecule has 30 heavy (non-hydrogen) atoms. The zero-order valence-electron chi connectivity index (χ0n) is 16.5. The molecule has 9 heteroatoms. The molecule has 1 fully saturated rings. The van der Waals surface area contributed by atoms with Gasteiger partial charge in [-0.05, 0) is 50.5 Å². The third-order valence-electron chi connectivity index (χ3n) is 5.36. The molecule has 3 aliphatic rings. The second-order valence-corrected chi connectivity index (χ2v) is 9.54. The van der Waals surface area contributed by atoms with Crippen molar-refractivity contribution >= 4 is 39.7 Å². The summed E-state index contributed by atoms with van der Waals surface area (Å²) in [7, 11) is 0. The number of hydrogen-bond donors (Lipinski definition) is 3. The van der Waals surface area contributed by atoms with E-state index in [1.807, 2.05) is 0 Å². The number of amides is 1. The van der Waals surface area contributed by atoms with E-state index in [0.29, 0.717) is 12.5 Å². The van der Waals surface area contributed by atoms with E-state index in [2.05, 4.69) is 16.8 Å². The Bertz CT molecular complexity index is 970. The first-order valence-corrected chi connectivity index (χ1v) is 11.8. The number of ether oxygens (including phenoxy) is 1. The van der Waals surface area contributed by atoms with Crippen molar-refractivity contribution < 1.29 is 24.5 Å². The predicted octanol–water partition coefficient (Wildman–Crippen LogP) is 5.48. The van der Waals surface area contributed by atoms with Gasteiger partial charge in [0.2, 0.25) is 0 Å². The van der Waals surface area contributed by atoms with Gasteiger partial charge in [0.25, 0.3) is 5.91 Å². The van der Waals surface area contributed by atoms with Gasteiger partial charge in [0, 0.05) is 27.3 Å². The molecule has 7 nitrogen and oxygen atoms in total. The summed E-state index contributed by atoms with van der Waals surface area (Å²) in [5.74, 6) is 0.715. The van der Waals surface area contributed by atoms with Crippen LogP contribution in [-0.2, 0) is 22.6 Å². The standard InChI is InChI=1S/C20H22N2O2S2.CH2O3/c23-18(13-4-2-1-3-5-13)22-20-17(14-8-9-24-10-16(14)26-20)19-21-15(11-25-19)12-6-7-12;2-1(3)4/h4,11-12H,1-3,5-10H2,(H,22,23);(H2,2,3,4). The molecule has 0 unspecified atom stereocenters. The molecule has 0 aromatic carbocycles. The first kappa shape index (κ1) is 21.0. The predicted molar refractivity (Wildman–Crippen MR) is 117 cm³/mol. The molecular weight excluding hydrogens is 424 g/mol. The van der Waals surface area contributed by atoms with Crippen molar-refractivity contribution in [3.05, 3.63) is 33.2 Å². The lowest BCUT2D eigenvalue weighted by Gasteiger charge is -2.14. The van der Waals surface area contributed by atoms with Gasteiger partial charge in [-0.3, -0.25) is 4.79 Å². The van der Waals surface area contributed by atoms with Crippen LogP contribution in [0.25, 0.3) is 10.6 Å². The molecule has 2 aromatic heterocycles. The van der Waals surface area contributed by atoms with E-state index < -0.39 is 6.16 Å². The van der Waals surface area contributed by atoms with Gasteiger partial charge in [0.05, 0.1) is 18.9 Å². The van der Waals surface area contributed by atoms with Crippen molar-refractivity contribution in [1.29, 1.82) is 0 Å². The first-order valence-electron chi connectivity index (χ1n) is 10.1. The maximum atomic E-state index is 12.8. The van der Waals surface area contributed by atoms with Crippen molar-refractivity contribution in [2.45, 2.75) is 57.5 Å². The summed E-state index contributed by atoms with van der Waals surface area (Å²) in [5, 5.41) is 21.4. The molecule has 1 aliphatic heterocycles. The van der Waals surface area contributed by atoms with E-state index in [-0.39, 0.29) is 5.91 Å². The topological polar surface area (TPSA) is 109 Å². The Kier molecular flexibility index (Phi) is 6.50. The fourth-order valence-corrected chi connectivity index (χ4v) is 5.97. The number of carbonyl (C=O) groups is 2. The van der Waals surface area contributed by atoms with Gasteiger partial charge >= 0.3 is 6.16 Å². The van der Waals surface area contributed by atoms with Gasteiger partial charge in [-0.1, -0.05) is 6.08 Å². The van der Waals surface area contributed by atoms with Gasteiger partial charge < -0.3 is 20.3 Å². The number of anilines is 1. The number of carboxylic acid groups (broad SMARTS) is 2. The van der Waals surface area contributed by atoms with Crippen molar-refractivity contribution in [1.82, 2.24) is 4.98 Å². The molecule has 0 bridgehead atoms. The summed E-state index contributed by atoms with van der Waals surface area (Å²) in [5.41, 5.74) is 4.63. The summed E-state index contributed by atoms with van der Waals surface area (Å²) >= 11 is 3.38. The Morgan fingerprint density at radius 1 is 1.20 bits per heavy atom. The van der Waals surface area contributed by atoms with Gasteiger partial charge in [-0.25, -0.2) is 9.78 Å². The lowest BCUT2D eigenvalue weighted by atomic mass is 9.99. The third kappa shape index (κ3) is 4.91. The number of nitrogens with zero attached hydrogens (tertiary/aromatic N) is 1. The molecule has 1 saturated carbocycles. The largest absolute Gasteiger partial charge is 0.503 e. The molecule has 2 aliphatic carbocycles. The second kappa shape index (κ2) is 9.28. The zero-order valence-corrected chi connectivity index (χ0v) is 18.1. The average Bonchev–Trinajstić information content (AvgIpc) is 3.36. The van der Waals surface area contributed by atoms with E-state index in [0.717, 1.165) is 53.4 Å². The molecule has 3 N–H and O–H groups in total. The van der Waals surface area contributed by atoms with Crippen molar-refractivity contribution in [3.8, 4) is 10.6 Å². The molecule has 2 aromatic rings. The quantitative estimate of drug-likeness (QED) is 0.571. The van der Waals surface area contributed by atoms with Gasteiger partial charge in [-0.2, -0.15) is 0 Å². The average molecular weight is 449 g/mol. The number of rotatable bonds is 4. The van der Waals surface area contributed by atoms with E-state index in [1.54, 1.807) is 22.7 Å². The molecule has 3 heterocycles.